The molecule has 3 nitrogen and oxygen atoms in total. The highest BCUT2D eigenvalue weighted by Gasteiger charge is 2.27. The number of benzene rings is 9. The molecule has 1 aliphatic carbocycles. The third kappa shape index (κ3) is 6.78. The number of para-hydroxylation sites is 3. The van der Waals surface area contributed by atoms with Gasteiger partial charge in [-0.05, 0) is 205 Å². The van der Waals surface area contributed by atoms with Crippen molar-refractivity contribution < 1.29 is 4.42 Å². The van der Waals surface area contributed by atoms with Gasteiger partial charge in [0, 0.05) is 38.9 Å². The fraction of sp³-hybridized carbons (Fsp3) is 0.156. The van der Waals surface area contributed by atoms with E-state index in [1.165, 1.54) is 105 Å². The molecule has 328 valence electrons. The summed E-state index contributed by atoms with van der Waals surface area (Å²) >= 11 is 0. The summed E-state index contributed by atoms with van der Waals surface area (Å²) in [6.07, 6.45) is 9.94. The number of anilines is 5. The Morgan fingerprint density at radius 1 is 0.418 bits per heavy atom. The Kier molecular flexibility index (Phi) is 10.5. The largest absolute Gasteiger partial charge is 0.455 e. The van der Waals surface area contributed by atoms with Gasteiger partial charge < -0.3 is 14.2 Å². The highest BCUT2D eigenvalue weighted by atomic mass is 16.3. The first kappa shape index (κ1) is 42.0. The molecule has 67 heavy (non-hydrogen) atoms. The maximum atomic E-state index is 7.10. The molecule has 10 aromatic rings. The lowest BCUT2D eigenvalue weighted by atomic mass is 9.85. The number of allylic oxidation sites excluding steroid dienone is 2. The molecule has 1 aliphatic rings. The molecular weight excluding hydrogens is 813 g/mol. The van der Waals surface area contributed by atoms with Crippen LogP contribution in [0.3, 0.4) is 0 Å². The van der Waals surface area contributed by atoms with Gasteiger partial charge in [-0.2, -0.15) is 0 Å². The van der Waals surface area contributed by atoms with Crippen molar-refractivity contribution in [1.29, 1.82) is 0 Å². The Hall–Kier alpha value is -7.62. The lowest BCUT2D eigenvalue weighted by Gasteiger charge is -2.36. The van der Waals surface area contributed by atoms with E-state index < -0.39 is 0 Å². The maximum absolute atomic E-state index is 7.10. The minimum absolute atomic E-state index is 0.237. The van der Waals surface area contributed by atoms with Crippen molar-refractivity contribution in [3.05, 3.63) is 220 Å². The predicted molar refractivity (Wildman–Crippen MR) is 287 cm³/mol. The first-order valence-electron chi connectivity index (χ1n) is 23.7. The highest BCUT2D eigenvalue weighted by Crippen LogP contribution is 2.48. The van der Waals surface area contributed by atoms with E-state index in [1.54, 1.807) is 0 Å². The van der Waals surface area contributed by atoms with Crippen LogP contribution in [-0.4, -0.2) is 6.04 Å². The average molecular weight is 869 g/mol. The number of nitrogens with zero attached hydrogens (tertiary/aromatic N) is 2. The zero-order chi connectivity index (χ0) is 46.1. The standard InChI is InChI=1S/C64H56N2O/c1-39-43(5)62(65(49-23-13-9-14-24-49)50-25-15-10-16-26-50)44(6)40(2)59(39)47-33-35-55-57(37-47)53-31-21-22-32-54(53)61-56-36-34-48(38-58(56)67-64(55)61)60-41(3)45(7)63(46(8)42(60)4)66(51-27-17-11-18-28-51)52-29-19-12-20-30-52/h9-25,27-38,50H,26H2,1-8H3. The van der Waals surface area contributed by atoms with Crippen molar-refractivity contribution in [3.8, 4) is 22.3 Å². The number of rotatable bonds is 8. The maximum Gasteiger partial charge on any atom is 0.143 e. The van der Waals surface area contributed by atoms with Crippen LogP contribution in [0.15, 0.2) is 180 Å². The van der Waals surface area contributed by atoms with Crippen LogP contribution in [0, 0.1) is 55.4 Å². The summed E-state index contributed by atoms with van der Waals surface area (Å²) < 4.78 is 7.10. The van der Waals surface area contributed by atoms with E-state index in [9.17, 15) is 0 Å². The van der Waals surface area contributed by atoms with Gasteiger partial charge in [0.2, 0.25) is 0 Å². The first-order valence-corrected chi connectivity index (χ1v) is 23.7. The van der Waals surface area contributed by atoms with Gasteiger partial charge in [0.1, 0.15) is 11.2 Å². The van der Waals surface area contributed by atoms with E-state index >= 15 is 0 Å². The minimum Gasteiger partial charge on any atom is -0.455 e. The molecule has 11 rings (SSSR count). The lowest BCUT2D eigenvalue weighted by molar-refractivity contribution is 0.673. The Morgan fingerprint density at radius 3 is 1.46 bits per heavy atom. The third-order valence-electron chi connectivity index (χ3n) is 15.0. The molecule has 1 atom stereocenters. The smallest absolute Gasteiger partial charge is 0.143 e. The van der Waals surface area contributed by atoms with E-state index in [1.807, 2.05) is 0 Å². The first-order chi connectivity index (χ1) is 32.6. The topological polar surface area (TPSA) is 19.6 Å². The Bertz CT molecular complexity index is 3530. The Morgan fingerprint density at radius 2 is 0.910 bits per heavy atom. The molecule has 0 saturated carbocycles. The van der Waals surface area contributed by atoms with Crippen LogP contribution in [0.5, 0.6) is 0 Å². The number of hydrogen-bond donors (Lipinski definition) is 0. The van der Waals surface area contributed by atoms with Crippen LogP contribution < -0.4 is 9.80 Å². The predicted octanol–water partition coefficient (Wildman–Crippen LogP) is 18.2. The van der Waals surface area contributed by atoms with Crippen molar-refractivity contribution in [3.63, 3.8) is 0 Å². The molecule has 1 heterocycles. The summed E-state index contributed by atoms with van der Waals surface area (Å²) in [4.78, 5) is 4.96. The van der Waals surface area contributed by atoms with Crippen molar-refractivity contribution in [2.75, 3.05) is 9.80 Å². The second-order valence-electron chi connectivity index (χ2n) is 18.6. The summed E-state index contributed by atoms with van der Waals surface area (Å²) in [5, 5.41) is 7.10. The second kappa shape index (κ2) is 16.7. The monoisotopic (exact) mass is 868 g/mol. The van der Waals surface area contributed by atoms with Crippen molar-refractivity contribution in [1.82, 2.24) is 0 Å². The van der Waals surface area contributed by atoms with E-state index in [2.05, 4.69) is 241 Å². The zero-order valence-corrected chi connectivity index (χ0v) is 39.8. The van der Waals surface area contributed by atoms with Gasteiger partial charge in [0.25, 0.3) is 0 Å². The summed E-state index contributed by atoms with van der Waals surface area (Å²) in [7, 11) is 0. The Balaban J connectivity index is 1.05. The third-order valence-corrected chi connectivity index (χ3v) is 15.0. The molecular formula is C64H56N2O. The molecule has 9 aromatic carbocycles. The summed E-state index contributed by atoms with van der Waals surface area (Å²) in [6, 6.07) is 55.4. The van der Waals surface area contributed by atoms with Crippen LogP contribution >= 0.6 is 0 Å². The van der Waals surface area contributed by atoms with E-state index in [4.69, 9.17) is 4.42 Å². The molecule has 0 fully saturated rings. The molecule has 1 unspecified atom stereocenters. The van der Waals surface area contributed by atoms with Crippen LogP contribution in [0.4, 0.5) is 28.4 Å². The summed E-state index contributed by atoms with van der Waals surface area (Å²) in [5.74, 6) is 0. The summed E-state index contributed by atoms with van der Waals surface area (Å²) in [6.45, 7) is 18.4. The van der Waals surface area contributed by atoms with Crippen molar-refractivity contribution in [2.24, 2.45) is 0 Å². The molecule has 0 N–H and O–H groups in total. The normalized spacial score (nSPS) is 13.6. The van der Waals surface area contributed by atoms with Gasteiger partial charge in [-0.1, -0.05) is 115 Å². The van der Waals surface area contributed by atoms with Crippen LogP contribution in [0.2, 0.25) is 0 Å². The van der Waals surface area contributed by atoms with E-state index in [0.717, 1.165) is 39.7 Å². The van der Waals surface area contributed by atoms with Gasteiger partial charge in [-0.3, -0.25) is 0 Å². The van der Waals surface area contributed by atoms with Gasteiger partial charge in [0.15, 0.2) is 0 Å². The average Bonchev–Trinajstić information content (AvgIpc) is 3.76. The second-order valence-corrected chi connectivity index (χ2v) is 18.6. The molecule has 0 bridgehead atoms. The molecule has 0 aliphatic heterocycles. The SMILES string of the molecule is Cc1c(C)c(N(c2ccccc2)c2ccccc2)c(C)c(C)c1-c1ccc2c(c1)oc1c3ccc(-c4c(C)c(C)c(N(c5ccccc5)C5C=CC=CC5)c(C)c4C)cc3c3ccccc3c21. The minimum atomic E-state index is 0.237. The molecule has 0 spiro atoms. The van der Waals surface area contributed by atoms with Crippen molar-refractivity contribution in [2.45, 2.75) is 67.9 Å². The fourth-order valence-electron chi connectivity index (χ4n) is 11.3. The quantitative estimate of drug-likeness (QED) is 0.142. The van der Waals surface area contributed by atoms with Crippen LogP contribution in [0.1, 0.15) is 50.9 Å². The van der Waals surface area contributed by atoms with Gasteiger partial charge in [0.05, 0.1) is 11.7 Å². The van der Waals surface area contributed by atoms with E-state index in [0.29, 0.717) is 0 Å². The number of hydrogen-bond acceptors (Lipinski definition) is 3. The number of furan rings is 1. The van der Waals surface area contributed by atoms with Gasteiger partial charge in [-0.25, -0.2) is 0 Å². The zero-order valence-electron chi connectivity index (χ0n) is 39.8. The molecule has 0 saturated heterocycles. The van der Waals surface area contributed by atoms with Crippen molar-refractivity contribution >= 4 is 71.9 Å². The van der Waals surface area contributed by atoms with Gasteiger partial charge >= 0.3 is 0 Å². The fourth-order valence-corrected chi connectivity index (χ4v) is 11.3. The van der Waals surface area contributed by atoms with Crippen LogP contribution in [-0.2, 0) is 0 Å². The number of fused-ring (bicyclic) bond motifs is 8. The lowest BCUT2D eigenvalue weighted by Crippen LogP contribution is -2.31. The van der Waals surface area contributed by atoms with E-state index in [-0.39, 0.29) is 6.04 Å². The summed E-state index contributed by atoms with van der Waals surface area (Å²) in [5.41, 5.74) is 23.2. The molecule has 0 radical (unpaired) electrons. The molecule has 0 amide bonds. The highest BCUT2D eigenvalue weighted by molar-refractivity contribution is 6.30. The molecule has 3 heteroatoms. The Labute approximate surface area is 394 Å². The van der Waals surface area contributed by atoms with Crippen LogP contribution in [0.25, 0.3) is 65.7 Å². The molecule has 1 aromatic heterocycles. The van der Waals surface area contributed by atoms with Gasteiger partial charge in [-0.15, -0.1) is 0 Å².